The van der Waals surface area contributed by atoms with E-state index < -0.39 is 5.91 Å². The van der Waals surface area contributed by atoms with Gasteiger partial charge in [-0.2, -0.15) is 5.10 Å². The minimum atomic E-state index is -0.624. The van der Waals surface area contributed by atoms with E-state index in [0.717, 1.165) is 43.9 Å². The number of aromatic nitrogens is 2. The molecule has 0 aliphatic carbocycles. The van der Waals surface area contributed by atoms with Crippen molar-refractivity contribution in [2.45, 2.75) is 32.6 Å². The van der Waals surface area contributed by atoms with Gasteiger partial charge in [0.15, 0.2) is 12.4 Å². The van der Waals surface area contributed by atoms with Crippen LogP contribution in [-0.2, 0) is 14.3 Å². The number of esters is 1. The average Bonchev–Trinajstić information content (AvgIpc) is 2.52. The van der Waals surface area contributed by atoms with E-state index in [2.05, 4.69) is 15.1 Å². The zero-order chi connectivity index (χ0) is 15.9. The molecule has 0 aromatic carbocycles. The molecule has 7 heteroatoms. The number of rotatable bonds is 6. The third-order valence-electron chi connectivity index (χ3n) is 3.85. The van der Waals surface area contributed by atoms with Crippen LogP contribution in [0.5, 0.6) is 0 Å². The fourth-order valence-corrected chi connectivity index (χ4v) is 2.56. The molecule has 1 aromatic heterocycles. The van der Waals surface area contributed by atoms with E-state index in [-0.39, 0.29) is 12.6 Å². The Morgan fingerprint density at radius 2 is 2.05 bits per heavy atom. The number of carbonyl (C=O) groups excluding carboxylic acids is 2. The Bertz CT molecular complexity index is 510. The minimum Gasteiger partial charge on any atom is -0.456 e. The standard InChI is InChI=1S/C15H22N4O3/c1-11-2-4-14(18-17-11)19-8-6-12(7-9-19)3-5-15(21)22-10-13(16)20/h2,4,12H,3,5-10H2,1H3,(H2,16,20). The van der Waals surface area contributed by atoms with Crippen LogP contribution in [0.25, 0.3) is 0 Å². The van der Waals surface area contributed by atoms with Gasteiger partial charge in [-0.05, 0) is 44.2 Å². The number of piperidine rings is 1. The normalized spacial score (nSPS) is 15.6. The first kappa shape index (κ1) is 16.2. The Morgan fingerprint density at radius 3 is 2.64 bits per heavy atom. The average molecular weight is 306 g/mol. The zero-order valence-electron chi connectivity index (χ0n) is 12.8. The number of amides is 1. The highest BCUT2D eigenvalue weighted by molar-refractivity contribution is 5.78. The summed E-state index contributed by atoms with van der Waals surface area (Å²) in [5.41, 5.74) is 5.84. The summed E-state index contributed by atoms with van der Waals surface area (Å²) >= 11 is 0. The van der Waals surface area contributed by atoms with Crippen LogP contribution in [0.3, 0.4) is 0 Å². The fourth-order valence-electron chi connectivity index (χ4n) is 2.56. The maximum atomic E-state index is 11.4. The van der Waals surface area contributed by atoms with E-state index in [0.29, 0.717) is 12.3 Å². The molecule has 2 rings (SSSR count). The van der Waals surface area contributed by atoms with Crippen LogP contribution >= 0.6 is 0 Å². The van der Waals surface area contributed by atoms with Crippen LogP contribution in [-0.4, -0.2) is 41.8 Å². The molecule has 0 saturated carbocycles. The number of nitrogens with zero attached hydrogens (tertiary/aromatic N) is 3. The Balaban J connectivity index is 1.70. The summed E-state index contributed by atoms with van der Waals surface area (Å²) < 4.78 is 4.75. The van der Waals surface area contributed by atoms with Gasteiger partial charge in [0.2, 0.25) is 0 Å². The number of primary amides is 1. The van der Waals surface area contributed by atoms with E-state index in [1.165, 1.54) is 0 Å². The zero-order valence-corrected chi connectivity index (χ0v) is 12.8. The van der Waals surface area contributed by atoms with Crippen molar-refractivity contribution in [3.8, 4) is 0 Å². The van der Waals surface area contributed by atoms with Crippen LogP contribution in [0.15, 0.2) is 12.1 Å². The summed E-state index contributed by atoms with van der Waals surface area (Å²) in [6.45, 7) is 3.42. The van der Waals surface area contributed by atoms with Crippen molar-refractivity contribution in [3.63, 3.8) is 0 Å². The monoisotopic (exact) mass is 306 g/mol. The van der Waals surface area contributed by atoms with Gasteiger partial charge in [-0.25, -0.2) is 0 Å². The third kappa shape index (κ3) is 4.98. The van der Waals surface area contributed by atoms with Gasteiger partial charge in [0.1, 0.15) is 0 Å². The predicted molar refractivity (Wildman–Crippen MR) is 81.1 cm³/mol. The van der Waals surface area contributed by atoms with Gasteiger partial charge in [-0.3, -0.25) is 9.59 Å². The molecule has 120 valence electrons. The van der Waals surface area contributed by atoms with E-state index >= 15 is 0 Å². The first-order chi connectivity index (χ1) is 10.5. The van der Waals surface area contributed by atoms with Crippen molar-refractivity contribution in [3.05, 3.63) is 17.8 Å². The number of aryl methyl sites for hydroxylation is 1. The number of hydrogen-bond acceptors (Lipinski definition) is 6. The summed E-state index contributed by atoms with van der Waals surface area (Å²) in [7, 11) is 0. The van der Waals surface area contributed by atoms with Crippen molar-refractivity contribution >= 4 is 17.7 Å². The molecule has 22 heavy (non-hydrogen) atoms. The van der Waals surface area contributed by atoms with Crippen molar-refractivity contribution in [2.75, 3.05) is 24.6 Å². The molecular weight excluding hydrogens is 284 g/mol. The quantitative estimate of drug-likeness (QED) is 0.781. The molecule has 0 bridgehead atoms. The summed E-state index contributed by atoms with van der Waals surface area (Å²) in [5, 5.41) is 8.28. The molecule has 1 aliphatic rings. The lowest BCUT2D eigenvalue weighted by molar-refractivity contribution is -0.148. The maximum Gasteiger partial charge on any atom is 0.306 e. The molecule has 2 N–H and O–H groups in total. The Labute approximate surface area is 129 Å². The lowest BCUT2D eigenvalue weighted by Crippen LogP contribution is -2.34. The SMILES string of the molecule is Cc1ccc(N2CCC(CCC(=O)OCC(N)=O)CC2)nn1. The molecular formula is C15H22N4O3. The first-order valence-electron chi connectivity index (χ1n) is 7.54. The van der Waals surface area contributed by atoms with Gasteiger partial charge in [0, 0.05) is 19.5 Å². The summed E-state index contributed by atoms with van der Waals surface area (Å²) in [5.74, 6) is 0.423. The van der Waals surface area contributed by atoms with E-state index in [4.69, 9.17) is 10.5 Å². The number of nitrogens with two attached hydrogens (primary N) is 1. The van der Waals surface area contributed by atoms with Crippen LogP contribution in [0.1, 0.15) is 31.4 Å². The van der Waals surface area contributed by atoms with E-state index in [1.54, 1.807) is 0 Å². The van der Waals surface area contributed by atoms with E-state index in [1.807, 2.05) is 19.1 Å². The van der Waals surface area contributed by atoms with Crippen molar-refractivity contribution in [1.29, 1.82) is 0 Å². The Morgan fingerprint density at radius 1 is 1.32 bits per heavy atom. The van der Waals surface area contributed by atoms with Gasteiger partial charge in [-0.1, -0.05) is 0 Å². The third-order valence-corrected chi connectivity index (χ3v) is 3.85. The molecule has 0 unspecified atom stereocenters. The van der Waals surface area contributed by atoms with Crippen LogP contribution < -0.4 is 10.6 Å². The lowest BCUT2D eigenvalue weighted by atomic mass is 9.92. The highest BCUT2D eigenvalue weighted by atomic mass is 16.5. The summed E-state index contributed by atoms with van der Waals surface area (Å²) in [6.07, 6.45) is 3.14. The molecule has 0 atom stereocenters. The second-order valence-electron chi connectivity index (χ2n) is 5.63. The summed E-state index contributed by atoms with van der Waals surface area (Å²) in [4.78, 5) is 24.2. The number of carbonyl (C=O) groups is 2. The van der Waals surface area contributed by atoms with E-state index in [9.17, 15) is 9.59 Å². The number of hydrogen-bond donors (Lipinski definition) is 1. The molecule has 1 amide bonds. The van der Waals surface area contributed by atoms with Gasteiger partial charge in [0.05, 0.1) is 5.69 Å². The molecule has 7 nitrogen and oxygen atoms in total. The van der Waals surface area contributed by atoms with Crippen LogP contribution in [0.4, 0.5) is 5.82 Å². The molecule has 1 aliphatic heterocycles. The Hall–Kier alpha value is -2.18. The van der Waals surface area contributed by atoms with Gasteiger partial charge in [0.25, 0.3) is 5.91 Å². The second kappa shape index (κ2) is 7.72. The maximum absolute atomic E-state index is 11.4. The van der Waals surface area contributed by atoms with Crippen molar-refractivity contribution in [2.24, 2.45) is 11.7 Å². The van der Waals surface area contributed by atoms with Crippen LogP contribution in [0.2, 0.25) is 0 Å². The molecule has 2 heterocycles. The molecule has 0 spiro atoms. The molecule has 1 aromatic rings. The largest absolute Gasteiger partial charge is 0.456 e. The van der Waals surface area contributed by atoms with Gasteiger partial charge < -0.3 is 15.4 Å². The molecule has 1 saturated heterocycles. The first-order valence-corrected chi connectivity index (χ1v) is 7.54. The summed E-state index contributed by atoms with van der Waals surface area (Å²) in [6, 6.07) is 3.95. The Kier molecular flexibility index (Phi) is 5.68. The van der Waals surface area contributed by atoms with Crippen LogP contribution in [0, 0.1) is 12.8 Å². The number of anilines is 1. The minimum absolute atomic E-state index is 0.330. The number of ether oxygens (including phenoxy) is 1. The second-order valence-corrected chi connectivity index (χ2v) is 5.63. The highest BCUT2D eigenvalue weighted by Crippen LogP contribution is 2.24. The molecule has 1 fully saturated rings. The highest BCUT2D eigenvalue weighted by Gasteiger charge is 2.21. The fraction of sp³-hybridized carbons (Fsp3) is 0.600. The topological polar surface area (TPSA) is 98.4 Å². The van der Waals surface area contributed by atoms with Gasteiger partial charge >= 0.3 is 5.97 Å². The molecule has 0 radical (unpaired) electrons. The van der Waals surface area contributed by atoms with Gasteiger partial charge in [-0.15, -0.1) is 5.10 Å². The lowest BCUT2D eigenvalue weighted by Gasteiger charge is -2.32. The van der Waals surface area contributed by atoms with Crippen molar-refractivity contribution in [1.82, 2.24) is 10.2 Å². The smallest absolute Gasteiger partial charge is 0.306 e. The van der Waals surface area contributed by atoms with Crippen molar-refractivity contribution < 1.29 is 14.3 Å². The predicted octanol–water partition coefficient (Wildman–Crippen LogP) is 0.810.